The Kier molecular flexibility index (Phi) is 3.19. The maximum absolute atomic E-state index is 5.97. The van der Waals surface area contributed by atoms with Crippen molar-refractivity contribution in [2.45, 2.75) is 26.8 Å². The molecule has 2 N–H and O–H groups in total. The minimum atomic E-state index is -0.204. The van der Waals surface area contributed by atoms with Crippen LogP contribution in [0.15, 0.2) is 22.9 Å². The lowest BCUT2D eigenvalue weighted by Gasteiger charge is -2.09. The molecule has 17 heavy (non-hydrogen) atoms. The summed E-state index contributed by atoms with van der Waals surface area (Å²) in [4.78, 5) is 8.51. The van der Waals surface area contributed by atoms with Crippen molar-refractivity contribution in [2.75, 3.05) is 0 Å². The Morgan fingerprint density at radius 2 is 2.12 bits per heavy atom. The highest BCUT2D eigenvalue weighted by atomic mass is 16.5. The highest BCUT2D eigenvalue weighted by molar-refractivity contribution is 5.55. The third-order valence-electron chi connectivity index (χ3n) is 2.70. The number of nitrogens with zero attached hydrogens (tertiary/aromatic N) is 3. The Labute approximate surface area is 100 Å². The van der Waals surface area contributed by atoms with E-state index < -0.39 is 0 Å². The molecule has 5 heteroatoms. The van der Waals surface area contributed by atoms with Gasteiger partial charge >= 0.3 is 0 Å². The second-order valence-electron chi connectivity index (χ2n) is 4.36. The first kappa shape index (κ1) is 11.7. The van der Waals surface area contributed by atoms with E-state index in [-0.39, 0.29) is 12.0 Å². The van der Waals surface area contributed by atoms with Gasteiger partial charge in [-0.2, -0.15) is 4.98 Å². The Bertz CT molecular complexity index is 507. The second-order valence-corrected chi connectivity index (χ2v) is 4.36. The normalized spacial score (nSPS) is 13.0. The van der Waals surface area contributed by atoms with Crippen LogP contribution in [0.5, 0.6) is 0 Å². The number of aromatic nitrogens is 3. The van der Waals surface area contributed by atoms with Gasteiger partial charge in [0.1, 0.15) is 0 Å². The van der Waals surface area contributed by atoms with E-state index in [0.717, 1.165) is 11.3 Å². The molecule has 0 fully saturated rings. The highest BCUT2D eigenvalue weighted by Crippen LogP contribution is 2.22. The number of hydrogen-bond donors (Lipinski definition) is 1. The summed E-state index contributed by atoms with van der Waals surface area (Å²) in [5, 5.41) is 3.92. The van der Waals surface area contributed by atoms with E-state index in [1.165, 1.54) is 0 Å². The van der Waals surface area contributed by atoms with E-state index in [4.69, 9.17) is 10.3 Å². The summed E-state index contributed by atoms with van der Waals surface area (Å²) < 4.78 is 5.22. The minimum Gasteiger partial charge on any atom is -0.334 e. The summed E-state index contributed by atoms with van der Waals surface area (Å²) in [6.45, 7) is 5.95. The topological polar surface area (TPSA) is 77.8 Å². The SMILES string of the molecule is Cc1ncccc1-c1nc(C(N)C(C)C)no1. The molecular weight excluding hydrogens is 216 g/mol. The molecule has 90 valence electrons. The van der Waals surface area contributed by atoms with Crippen LogP contribution >= 0.6 is 0 Å². The van der Waals surface area contributed by atoms with E-state index in [0.29, 0.717) is 11.7 Å². The van der Waals surface area contributed by atoms with Gasteiger partial charge in [0.2, 0.25) is 0 Å². The van der Waals surface area contributed by atoms with Gasteiger partial charge in [-0.1, -0.05) is 19.0 Å². The number of pyridine rings is 1. The van der Waals surface area contributed by atoms with Crippen LogP contribution in [0.2, 0.25) is 0 Å². The average molecular weight is 232 g/mol. The van der Waals surface area contributed by atoms with Crippen LogP contribution < -0.4 is 5.73 Å². The van der Waals surface area contributed by atoms with Crippen molar-refractivity contribution in [1.29, 1.82) is 0 Å². The molecule has 5 nitrogen and oxygen atoms in total. The Balaban J connectivity index is 2.34. The summed E-state index contributed by atoms with van der Waals surface area (Å²) in [5.41, 5.74) is 7.68. The lowest BCUT2D eigenvalue weighted by Crippen LogP contribution is -2.18. The van der Waals surface area contributed by atoms with Crippen LogP contribution in [-0.2, 0) is 0 Å². The molecule has 0 aliphatic heterocycles. The van der Waals surface area contributed by atoms with Crippen molar-refractivity contribution in [3.8, 4) is 11.5 Å². The van der Waals surface area contributed by atoms with Crippen LogP contribution in [0.1, 0.15) is 31.4 Å². The molecule has 1 atom stereocenters. The Morgan fingerprint density at radius 3 is 2.76 bits per heavy atom. The molecule has 2 rings (SSSR count). The van der Waals surface area contributed by atoms with Crippen molar-refractivity contribution in [3.05, 3.63) is 29.8 Å². The van der Waals surface area contributed by atoms with Gasteiger partial charge < -0.3 is 10.3 Å². The first-order valence-corrected chi connectivity index (χ1v) is 5.60. The van der Waals surface area contributed by atoms with Gasteiger partial charge in [0.05, 0.1) is 11.6 Å². The molecule has 1 unspecified atom stereocenters. The standard InChI is InChI=1S/C12H16N4O/c1-7(2)10(13)11-15-12(17-16-11)9-5-4-6-14-8(9)3/h4-7,10H,13H2,1-3H3. The molecule has 0 aliphatic rings. The van der Waals surface area contributed by atoms with Crippen LogP contribution in [-0.4, -0.2) is 15.1 Å². The van der Waals surface area contributed by atoms with E-state index in [1.807, 2.05) is 32.9 Å². The fraction of sp³-hybridized carbons (Fsp3) is 0.417. The van der Waals surface area contributed by atoms with Crippen molar-refractivity contribution in [2.24, 2.45) is 11.7 Å². The Hall–Kier alpha value is -1.75. The summed E-state index contributed by atoms with van der Waals surface area (Å²) in [6, 6.07) is 3.54. The molecular formula is C12H16N4O. The highest BCUT2D eigenvalue weighted by Gasteiger charge is 2.18. The Morgan fingerprint density at radius 1 is 1.35 bits per heavy atom. The van der Waals surface area contributed by atoms with Gasteiger partial charge in [-0.3, -0.25) is 4.98 Å². The quantitative estimate of drug-likeness (QED) is 0.876. The largest absolute Gasteiger partial charge is 0.334 e. The molecule has 0 spiro atoms. The molecule has 0 aromatic carbocycles. The fourth-order valence-corrected chi connectivity index (χ4v) is 1.49. The number of nitrogens with two attached hydrogens (primary N) is 1. The van der Waals surface area contributed by atoms with Gasteiger partial charge in [0.25, 0.3) is 5.89 Å². The van der Waals surface area contributed by atoms with Crippen molar-refractivity contribution in [3.63, 3.8) is 0 Å². The molecule has 0 saturated heterocycles. The zero-order chi connectivity index (χ0) is 12.4. The van der Waals surface area contributed by atoms with Crippen molar-refractivity contribution >= 4 is 0 Å². The van der Waals surface area contributed by atoms with E-state index in [1.54, 1.807) is 6.20 Å². The smallest absolute Gasteiger partial charge is 0.259 e. The van der Waals surface area contributed by atoms with E-state index in [9.17, 15) is 0 Å². The van der Waals surface area contributed by atoms with Crippen LogP contribution in [0.4, 0.5) is 0 Å². The molecule has 0 bridgehead atoms. The van der Waals surface area contributed by atoms with Crippen molar-refractivity contribution < 1.29 is 4.52 Å². The van der Waals surface area contributed by atoms with Gasteiger partial charge in [0, 0.05) is 11.9 Å². The first-order valence-electron chi connectivity index (χ1n) is 5.60. The molecule has 0 aliphatic carbocycles. The zero-order valence-corrected chi connectivity index (χ0v) is 10.2. The third kappa shape index (κ3) is 2.34. The lowest BCUT2D eigenvalue weighted by molar-refractivity contribution is 0.400. The molecule has 0 amide bonds. The van der Waals surface area contributed by atoms with Crippen LogP contribution in [0, 0.1) is 12.8 Å². The lowest BCUT2D eigenvalue weighted by atomic mass is 10.1. The third-order valence-corrected chi connectivity index (χ3v) is 2.70. The molecule has 2 heterocycles. The maximum Gasteiger partial charge on any atom is 0.259 e. The summed E-state index contributed by atoms with van der Waals surface area (Å²) in [5.74, 6) is 1.29. The number of hydrogen-bond acceptors (Lipinski definition) is 5. The van der Waals surface area contributed by atoms with Crippen LogP contribution in [0.25, 0.3) is 11.5 Å². The number of aryl methyl sites for hydroxylation is 1. The summed E-state index contributed by atoms with van der Waals surface area (Å²) >= 11 is 0. The molecule has 0 radical (unpaired) electrons. The molecule has 0 saturated carbocycles. The predicted molar refractivity (Wildman–Crippen MR) is 64.0 cm³/mol. The van der Waals surface area contributed by atoms with Gasteiger partial charge in [-0.25, -0.2) is 0 Å². The first-order chi connectivity index (χ1) is 8.09. The second kappa shape index (κ2) is 4.63. The maximum atomic E-state index is 5.97. The molecule has 2 aromatic rings. The monoisotopic (exact) mass is 232 g/mol. The minimum absolute atomic E-state index is 0.204. The van der Waals surface area contributed by atoms with Gasteiger partial charge in [-0.05, 0) is 25.0 Å². The van der Waals surface area contributed by atoms with E-state index in [2.05, 4.69) is 15.1 Å². The van der Waals surface area contributed by atoms with E-state index >= 15 is 0 Å². The van der Waals surface area contributed by atoms with Crippen molar-refractivity contribution in [1.82, 2.24) is 15.1 Å². The molecule has 2 aromatic heterocycles. The fourth-order valence-electron chi connectivity index (χ4n) is 1.49. The summed E-state index contributed by atoms with van der Waals surface area (Å²) in [6.07, 6.45) is 1.73. The van der Waals surface area contributed by atoms with Gasteiger partial charge in [-0.15, -0.1) is 0 Å². The van der Waals surface area contributed by atoms with Crippen LogP contribution in [0.3, 0.4) is 0 Å². The zero-order valence-electron chi connectivity index (χ0n) is 10.2. The van der Waals surface area contributed by atoms with Gasteiger partial charge in [0.15, 0.2) is 5.82 Å². The number of rotatable bonds is 3. The predicted octanol–water partition coefficient (Wildman–Crippen LogP) is 2.10. The average Bonchev–Trinajstić information content (AvgIpc) is 2.77. The summed E-state index contributed by atoms with van der Waals surface area (Å²) in [7, 11) is 0.